The molecule has 2 rings (SSSR count). The summed E-state index contributed by atoms with van der Waals surface area (Å²) in [5.41, 5.74) is 0.822. The van der Waals surface area contributed by atoms with Crippen molar-refractivity contribution in [2.75, 3.05) is 17.1 Å². The molecule has 192 valence electrons. The van der Waals surface area contributed by atoms with E-state index in [0.717, 1.165) is 17.0 Å². The molecule has 2 aromatic rings. The van der Waals surface area contributed by atoms with Gasteiger partial charge >= 0.3 is 0 Å². The Hall–Kier alpha value is -2.00. The molecule has 0 radical (unpaired) electrons. The summed E-state index contributed by atoms with van der Waals surface area (Å²) < 4.78 is 26.2. The second kappa shape index (κ2) is 12.8. The summed E-state index contributed by atoms with van der Waals surface area (Å²) in [6, 6.07) is 10.1. The molecule has 0 unspecified atom stereocenters. The van der Waals surface area contributed by atoms with Crippen LogP contribution in [0.15, 0.2) is 42.5 Å². The van der Waals surface area contributed by atoms with E-state index in [1.54, 1.807) is 43.3 Å². The molecule has 35 heavy (non-hydrogen) atoms. The molecule has 0 bridgehead atoms. The molecular formula is C24H30Cl3N3O4S. The van der Waals surface area contributed by atoms with Crippen LogP contribution >= 0.6 is 34.8 Å². The van der Waals surface area contributed by atoms with Crippen LogP contribution < -0.4 is 9.62 Å². The number of hydrogen-bond acceptors (Lipinski definition) is 4. The van der Waals surface area contributed by atoms with E-state index in [1.165, 1.54) is 11.0 Å². The van der Waals surface area contributed by atoms with Gasteiger partial charge in [-0.2, -0.15) is 0 Å². The fraction of sp³-hybridized carbons (Fsp3) is 0.417. The van der Waals surface area contributed by atoms with Crippen LogP contribution in [0.4, 0.5) is 5.69 Å². The monoisotopic (exact) mass is 561 g/mol. The molecule has 11 heteroatoms. The minimum Gasteiger partial charge on any atom is -0.352 e. The van der Waals surface area contributed by atoms with Gasteiger partial charge in [0, 0.05) is 27.7 Å². The Kier molecular flexibility index (Phi) is 10.7. The molecular weight excluding hydrogens is 533 g/mol. The zero-order chi connectivity index (χ0) is 26.3. The van der Waals surface area contributed by atoms with Crippen molar-refractivity contribution in [3.05, 3.63) is 63.1 Å². The minimum absolute atomic E-state index is 0.00554. The van der Waals surface area contributed by atoms with E-state index in [-0.39, 0.29) is 24.2 Å². The zero-order valence-corrected chi connectivity index (χ0v) is 23.2. The molecule has 2 amide bonds. The van der Waals surface area contributed by atoms with Gasteiger partial charge < -0.3 is 10.2 Å². The average Bonchev–Trinajstić information content (AvgIpc) is 2.77. The van der Waals surface area contributed by atoms with Crippen LogP contribution in [0.25, 0.3) is 0 Å². The Morgan fingerprint density at radius 2 is 1.66 bits per heavy atom. The lowest BCUT2D eigenvalue weighted by Gasteiger charge is -2.33. The lowest BCUT2D eigenvalue weighted by atomic mass is 10.1. The summed E-state index contributed by atoms with van der Waals surface area (Å²) >= 11 is 18.4. The van der Waals surface area contributed by atoms with E-state index in [2.05, 4.69) is 5.32 Å². The Balaban J connectivity index is 2.48. The second-order valence-corrected chi connectivity index (χ2v) is 11.4. The van der Waals surface area contributed by atoms with Crippen molar-refractivity contribution in [2.24, 2.45) is 0 Å². The van der Waals surface area contributed by atoms with E-state index in [0.29, 0.717) is 27.1 Å². The molecule has 0 aromatic heterocycles. The average molecular weight is 563 g/mol. The second-order valence-electron chi connectivity index (χ2n) is 8.25. The molecule has 1 N–H and O–H groups in total. The van der Waals surface area contributed by atoms with Crippen LogP contribution in [0.3, 0.4) is 0 Å². The molecule has 0 aliphatic rings. The summed E-state index contributed by atoms with van der Waals surface area (Å²) in [7, 11) is -3.84. The Labute approximate surface area is 222 Å². The third kappa shape index (κ3) is 8.27. The third-order valence-corrected chi connectivity index (χ3v) is 7.48. The lowest BCUT2D eigenvalue weighted by Crippen LogP contribution is -2.53. The number of nitrogens with zero attached hydrogens (tertiary/aromatic N) is 2. The normalized spacial score (nSPS) is 13.1. The van der Waals surface area contributed by atoms with E-state index in [9.17, 15) is 18.0 Å². The number of benzene rings is 2. The van der Waals surface area contributed by atoms with Crippen molar-refractivity contribution < 1.29 is 18.0 Å². The fourth-order valence-electron chi connectivity index (χ4n) is 3.44. The predicted octanol–water partition coefficient (Wildman–Crippen LogP) is 5.13. The summed E-state index contributed by atoms with van der Waals surface area (Å²) in [6.07, 6.45) is 2.04. The predicted molar refractivity (Wildman–Crippen MR) is 143 cm³/mol. The van der Waals surface area contributed by atoms with E-state index >= 15 is 0 Å². The van der Waals surface area contributed by atoms with Gasteiger partial charge in [-0.05, 0) is 55.7 Å². The van der Waals surface area contributed by atoms with Crippen LogP contribution in [0.5, 0.6) is 0 Å². The van der Waals surface area contributed by atoms with E-state index < -0.39 is 28.5 Å². The van der Waals surface area contributed by atoms with Crippen LogP contribution in [-0.4, -0.2) is 50.0 Å². The van der Waals surface area contributed by atoms with Crippen molar-refractivity contribution in [1.29, 1.82) is 0 Å². The molecule has 0 aliphatic heterocycles. The number of carbonyl (C=O) groups is 2. The largest absolute Gasteiger partial charge is 0.352 e. The van der Waals surface area contributed by atoms with Crippen molar-refractivity contribution in [3.63, 3.8) is 0 Å². The summed E-state index contributed by atoms with van der Waals surface area (Å²) in [5.74, 6) is -0.887. The number of nitrogens with one attached hydrogen (secondary N) is 1. The topological polar surface area (TPSA) is 86.8 Å². The third-order valence-electron chi connectivity index (χ3n) is 5.52. The van der Waals surface area contributed by atoms with Gasteiger partial charge in [0.05, 0.1) is 11.9 Å². The maximum atomic E-state index is 13.6. The molecule has 0 fully saturated rings. The number of sulfonamides is 1. The number of anilines is 1. The highest BCUT2D eigenvalue weighted by Gasteiger charge is 2.32. The number of carbonyl (C=O) groups excluding carboxylic acids is 2. The van der Waals surface area contributed by atoms with Crippen molar-refractivity contribution >= 4 is 62.3 Å². The van der Waals surface area contributed by atoms with Crippen molar-refractivity contribution in [2.45, 2.75) is 52.2 Å². The van der Waals surface area contributed by atoms with E-state index in [4.69, 9.17) is 34.8 Å². The van der Waals surface area contributed by atoms with Crippen molar-refractivity contribution in [1.82, 2.24) is 10.2 Å². The lowest BCUT2D eigenvalue weighted by molar-refractivity contribution is -0.140. The minimum atomic E-state index is -3.84. The maximum Gasteiger partial charge on any atom is 0.244 e. The summed E-state index contributed by atoms with van der Waals surface area (Å²) in [4.78, 5) is 28.1. The van der Waals surface area contributed by atoms with Gasteiger partial charge in [-0.15, -0.1) is 0 Å². The Morgan fingerprint density at radius 1 is 1.00 bits per heavy atom. The first-order valence-corrected chi connectivity index (χ1v) is 14.1. The number of rotatable bonds is 11. The van der Waals surface area contributed by atoms with Gasteiger partial charge in [-0.1, -0.05) is 60.8 Å². The molecule has 0 saturated carbocycles. The van der Waals surface area contributed by atoms with Crippen LogP contribution in [0, 0.1) is 0 Å². The zero-order valence-electron chi connectivity index (χ0n) is 20.1. The van der Waals surface area contributed by atoms with Crippen LogP contribution in [0.1, 0.15) is 39.2 Å². The van der Waals surface area contributed by atoms with Gasteiger partial charge in [0.1, 0.15) is 12.6 Å². The SMILES string of the molecule is CC[C@@H](C)NC(=O)[C@@H](CC)N(Cc1ccc(Cl)cc1Cl)C(=O)CN(c1cccc(Cl)c1)S(C)(=O)=O. The highest BCUT2D eigenvalue weighted by molar-refractivity contribution is 7.92. The summed E-state index contributed by atoms with van der Waals surface area (Å²) in [6.45, 7) is 5.08. The first-order valence-electron chi connectivity index (χ1n) is 11.1. The van der Waals surface area contributed by atoms with E-state index in [1.807, 2.05) is 13.8 Å². The number of amides is 2. The molecule has 0 saturated heterocycles. The molecule has 0 heterocycles. The van der Waals surface area contributed by atoms with Gasteiger partial charge in [-0.25, -0.2) is 8.42 Å². The van der Waals surface area contributed by atoms with Gasteiger partial charge in [-0.3, -0.25) is 13.9 Å². The molecule has 0 aliphatic carbocycles. The maximum absolute atomic E-state index is 13.6. The number of halogens is 3. The Bertz CT molecular complexity index is 1160. The van der Waals surface area contributed by atoms with Crippen molar-refractivity contribution in [3.8, 4) is 0 Å². The summed E-state index contributed by atoms with van der Waals surface area (Å²) in [5, 5.41) is 4.01. The van der Waals surface area contributed by atoms with Gasteiger partial charge in [0.25, 0.3) is 0 Å². The first-order chi connectivity index (χ1) is 16.4. The van der Waals surface area contributed by atoms with Gasteiger partial charge in [0.2, 0.25) is 21.8 Å². The molecule has 2 atom stereocenters. The Morgan fingerprint density at radius 3 is 2.20 bits per heavy atom. The quantitative estimate of drug-likeness (QED) is 0.411. The molecule has 0 spiro atoms. The first kappa shape index (κ1) is 29.2. The molecule has 7 nitrogen and oxygen atoms in total. The highest BCUT2D eigenvalue weighted by Crippen LogP contribution is 2.26. The standard InChI is InChI=1S/C24H30Cl3N3O4S/c1-5-16(3)28-24(32)22(6-2)29(14-17-10-11-19(26)13-21(17)27)23(31)15-30(35(4,33)34)20-9-7-8-18(25)12-20/h7-13,16,22H,5-6,14-15H2,1-4H3,(H,28,32)/t16-,22-/m1/s1. The van der Waals surface area contributed by atoms with Gasteiger partial charge in [0.15, 0.2) is 0 Å². The van der Waals surface area contributed by atoms with Crippen LogP contribution in [-0.2, 0) is 26.2 Å². The molecule has 2 aromatic carbocycles. The number of hydrogen-bond donors (Lipinski definition) is 1. The fourth-order valence-corrected chi connectivity index (χ4v) is 4.93. The smallest absolute Gasteiger partial charge is 0.244 e. The highest BCUT2D eigenvalue weighted by atomic mass is 35.5. The van der Waals surface area contributed by atoms with Crippen LogP contribution in [0.2, 0.25) is 15.1 Å².